The summed E-state index contributed by atoms with van der Waals surface area (Å²) in [7, 11) is 0. The van der Waals surface area contributed by atoms with Gasteiger partial charge in [0, 0.05) is 23.0 Å². The lowest BCUT2D eigenvalue weighted by Gasteiger charge is -2.39. The van der Waals surface area contributed by atoms with Crippen molar-refractivity contribution < 1.29 is 23.7 Å². The van der Waals surface area contributed by atoms with Crippen molar-refractivity contribution in [2.45, 2.75) is 255 Å². The van der Waals surface area contributed by atoms with Gasteiger partial charge in [0.2, 0.25) is 5.91 Å². The quantitative estimate of drug-likeness (QED) is 0.102. The number of ether oxygens (including phenoxy) is 4. The second-order valence-electron chi connectivity index (χ2n) is 19.5. The van der Waals surface area contributed by atoms with Gasteiger partial charge in [-0.25, -0.2) is 0 Å². The van der Waals surface area contributed by atoms with E-state index in [9.17, 15) is 4.79 Å². The van der Waals surface area contributed by atoms with Gasteiger partial charge in [-0.05, 0) is 125 Å². The second-order valence-corrected chi connectivity index (χ2v) is 19.5. The maximum absolute atomic E-state index is 11.7. The van der Waals surface area contributed by atoms with Gasteiger partial charge in [0.1, 0.15) is 0 Å². The van der Waals surface area contributed by atoms with Gasteiger partial charge in [-0.1, -0.05) is 95.4 Å². The number of nitrogens with one attached hydrogen (secondary N) is 4. The molecule has 0 radical (unpaired) electrons. The molecule has 0 aromatic heterocycles. The number of rotatable bonds is 19. The van der Waals surface area contributed by atoms with E-state index >= 15 is 0 Å². The molecule has 4 rings (SSSR count). The topological polar surface area (TPSA) is 102 Å². The zero-order valence-electron chi connectivity index (χ0n) is 40.5. The van der Waals surface area contributed by atoms with Crippen molar-refractivity contribution in [1.29, 1.82) is 0 Å². The van der Waals surface area contributed by atoms with Crippen LogP contribution in [-0.4, -0.2) is 78.9 Å². The minimum atomic E-state index is 0. The minimum absolute atomic E-state index is 0. The van der Waals surface area contributed by atoms with E-state index in [0.29, 0.717) is 72.5 Å². The molecule has 4 aliphatic rings. The number of hydrogen-bond acceptors (Lipinski definition) is 8. The van der Waals surface area contributed by atoms with Crippen LogP contribution in [0.5, 0.6) is 0 Å². The number of allylic oxidation sites excluding steroid dienone is 3. The van der Waals surface area contributed by atoms with Gasteiger partial charge in [0.15, 0.2) is 0 Å². The van der Waals surface area contributed by atoms with E-state index in [2.05, 4.69) is 138 Å². The fraction of sp³-hybridized carbons (Fsp3) is 0.860. The third kappa shape index (κ3) is 24.2. The van der Waals surface area contributed by atoms with Crippen molar-refractivity contribution in [2.24, 2.45) is 23.7 Å². The van der Waals surface area contributed by atoms with Gasteiger partial charge in [-0.3, -0.25) is 4.79 Å². The van der Waals surface area contributed by atoms with Gasteiger partial charge in [0.05, 0.1) is 73.0 Å². The number of amides is 1. The molecule has 0 aliphatic heterocycles. The summed E-state index contributed by atoms with van der Waals surface area (Å²) in [4.78, 5) is 11.7. The Morgan fingerprint density at radius 3 is 1.10 bits per heavy atom. The van der Waals surface area contributed by atoms with E-state index < -0.39 is 0 Å². The first-order valence-electron chi connectivity index (χ1n) is 23.3. The Hall–Kier alpha value is -2.07. The monoisotopic (exact) mass is 835 g/mol. The average Bonchev–Trinajstić information content (AvgIpc) is 3.68. The molecular weight excluding hydrogens is 737 g/mol. The van der Waals surface area contributed by atoms with Crippen molar-refractivity contribution in [1.82, 2.24) is 21.3 Å². The van der Waals surface area contributed by atoms with Crippen LogP contribution in [0, 0.1) is 23.7 Å². The molecular formula is C50H98N4O5. The zero-order valence-corrected chi connectivity index (χ0v) is 40.5. The molecule has 0 aromatic rings. The number of carbonyl (C=O) groups is 1. The summed E-state index contributed by atoms with van der Waals surface area (Å²) in [5.74, 6) is 1.73. The van der Waals surface area contributed by atoms with E-state index in [1.165, 1.54) is 44.9 Å². The Kier molecular flexibility index (Phi) is 28.2. The van der Waals surface area contributed by atoms with Gasteiger partial charge in [-0.2, -0.15) is 0 Å². The zero-order chi connectivity index (χ0) is 44.3. The van der Waals surface area contributed by atoms with Crippen LogP contribution < -0.4 is 21.3 Å². The fourth-order valence-electron chi connectivity index (χ4n) is 6.91. The van der Waals surface area contributed by atoms with Crippen LogP contribution in [-0.2, 0) is 23.7 Å². The maximum Gasteiger partial charge on any atom is 0.222 e. The Morgan fingerprint density at radius 1 is 0.407 bits per heavy atom. The lowest BCUT2D eigenvalue weighted by Crippen LogP contribution is -2.50. The molecule has 4 fully saturated rings. The SMILES string of the molecule is C.C=C(NC1CC1OC(C)C)C(C)C.C=C(NC1CCC1OC(C)C)C(C)C.C=C(NC1CCCC1OC(C)C)C(C)C.CC(C)OC1CCCCC1NC(=O)C(C)C. The lowest BCUT2D eigenvalue weighted by molar-refractivity contribution is -0.127. The fourth-order valence-corrected chi connectivity index (χ4v) is 6.91. The molecule has 9 heteroatoms. The molecule has 0 aromatic carbocycles. The molecule has 0 spiro atoms. The number of hydrogen-bond donors (Lipinski definition) is 4. The van der Waals surface area contributed by atoms with Crippen LogP contribution >= 0.6 is 0 Å². The van der Waals surface area contributed by atoms with E-state index in [0.717, 1.165) is 36.4 Å². The van der Waals surface area contributed by atoms with Crippen LogP contribution in [0.3, 0.4) is 0 Å². The Bertz CT molecular complexity index is 1180. The Labute approximate surface area is 365 Å². The van der Waals surface area contributed by atoms with Crippen LogP contribution in [0.4, 0.5) is 0 Å². The van der Waals surface area contributed by atoms with Crippen LogP contribution in [0.2, 0.25) is 0 Å². The van der Waals surface area contributed by atoms with Crippen LogP contribution in [0.1, 0.15) is 182 Å². The van der Waals surface area contributed by atoms with Gasteiger partial charge in [-0.15, -0.1) is 0 Å². The molecule has 4 saturated carbocycles. The predicted molar refractivity (Wildman–Crippen MR) is 252 cm³/mol. The molecule has 8 unspecified atom stereocenters. The van der Waals surface area contributed by atoms with Crippen molar-refractivity contribution in [3.8, 4) is 0 Å². The molecule has 0 bridgehead atoms. The number of carbonyl (C=O) groups excluding carboxylic acids is 1. The average molecular weight is 835 g/mol. The van der Waals surface area contributed by atoms with Gasteiger partial charge >= 0.3 is 0 Å². The molecule has 9 nitrogen and oxygen atoms in total. The third-order valence-corrected chi connectivity index (χ3v) is 10.9. The molecule has 4 aliphatic carbocycles. The summed E-state index contributed by atoms with van der Waals surface area (Å²) < 4.78 is 23.2. The first-order valence-corrected chi connectivity index (χ1v) is 23.3. The standard InChI is InChI=1S/C13H25NO2.C13H25NO.C12H23NO.C11H21NO.CH4/c1-9(2)13(15)14-11-7-5-6-8-12(11)16-10(3)4;1-9(2)11(5)14-12-7-6-8-13(12)15-10(3)4;1-8(2)10(5)13-11-6-7-12(11)14-9(3)4;1-7(2)9(5)12-10-6-11(10)13-8(3)4;/h9-12H,5-8H2,1-4H3,(H,14,15);9-10,12-14H,5-8H2,1-4H3;8-9,11-13H,5-7H2,1-4H3;7-8,10-12H,5-6H2,1-4H3;1H4. The highest BCUT2D eigenvalue weighted by molar-refractivity contribution is 5.78. The second kappa shape index (κ2) is 29.3. The summed E-state index contributed by atoms with van der Waals surface area (Å²) in [6.07, 6.45) is 14.3. The summed E-state index contributed by atoms with van der Waals surface area (Å²) in [5.41, 5.74) is 3.39. The summed E-state index contributed by atoms with van der Waals surface area (Å²) >= 11 is 0. The van der Waals surface area contributed by atoms with Crippen molar-refractivity contribution >= 4 is 5.91 Å². The minimum Gasteiger partial charge on any atom is -0.383 e. The van der Waals surface area contributed by atoms with E-state index in [-0.39, 0.29) is 37.5 Å². The summed E-state index contributed by atoms with van der Waals surface area (Å²) in [6, 6.07) is 1.69. The van der Waals surface area contributed by atoms with Gasteiger partial charge < -0.3 is 40.2 Å². The van der Waals surface area contributed by atoms with E-state index in [1.54, 1.807) is 0 Å². The highest BCUT2D eigenvalue weighted by Gasteiger charge is 2.39. The summed E-state index contributed by atoms with van der Waals surface area (Å²) in [5, 5.41) is 13.5. The molecule has 4 N–H and O–H groups in total. The highest BCUT2D eigenvalue weighted by atomic mass is 16.5. The maximum atomic E-state index is 11.7. The smallest absolute Gasteiger partial charge is 0.222 e. The molecule has 0 heterocycles. The van der Waals surface area contributed by atoms with Crippen molar-refractivity contribution in [3.63, 3.8) is 0 Å². The van der Waals surface area contributed by atoms with Crippen molar-refractivity contribution in [2.75, 3.05) is 0 Å². The largest absolute Gasteiger partial charge is 0.383 e. The van der Waals surface area contributed by atoms with Crippen LogP contribution in [0.25, 0.3) is 0 Å². The molecule has 8 atom stereocenters. The molecule has 348 valence electrons. The first-order chi connectivity index (χ1) is 27.0. The first kappa shape index (κ1) is 56.9. The molecule has 0 saturated heterocycles. The van der Waals surface area contributed by atoms with Gasteiger partial charge in [0.25, 0.3) is 0 Å². The lowest BCUT2D eigenvalue weighted by atomic mass is 9.88. The Balaban J connectivity index is 0.000000758. The highest BCUT2D eigenvalue weighted by Crippen LogP contribution is 2.29. The summed E-state index contributed by atoms with van der Waals surface area (Å²) in [6.45, 7) is 45.5. The predicted octanol–water partition coefficient (Wildman–Crippen LogP) is 11.2. The molecule has 1 amide bonds. The van der Waals surface area contributed by atoms with E-state index in [1.807, 2.05) is 13.8 Å². The third-order valence-electron chi connectivity index (χ3n) is 10.9. The van der Waals surface area contributed by atoms with E-state index in [4.69, 9.17) is 18.9 Å². The Morgan fingerprint density at radius 2 is 0.729 bits per heavy atom. The van der Waals surface area contributed by atoms with Crippen molar-refractivity contribution in [3.05, 3.63) is 36.8 Å². The molecule has 59 heavy (non-hydrogen) atoms. The normalized spacial score (nSPS) is 25.9. The van der Waals surface area contributed by atoms with Crippen LogP contribution in [0.15, 0.2) is 36.8 Å².